The number of nitrogens with one attached hydrogen (secondary N) is 2. The molecule has 15 rings (SSSR count). The number of hydrogen-bond donors (Lipinski definition) is 10. The van der Waals surface area contributed by atoms with Gasteiger partial charge in [-0.2, -0.15) is 0 Å². The molecule has 11 N–H and O–H groups in total. The first kappa shape index (κ1) is 49.1. The van der Waals surface area contributed by atoms with Crippen molar-refractivity contribution in [2.75, 3.05) is 13.4 Å². The molecule has 1 saturated heterocycles. The number of carboxylic acid groups (broad SMARTS) is 1. The van der Waals surface area contributed by atoms with Gasteiger partial charge in [0, 0.05) is 58.4 Å². The number of aromatic amines is 1. The number of nitrogens with two attached hydrogens (primary N) is 1. The molecule has 0 radical (unpaired) electrons. The smallest absolute Gasteiger partial charge is 0.333 e. The lowest BCUT2D eigenvalue weighted by Gasteiger charge is -2.60. The normalized spacial score (nSPS) is 37.0. The van der Waals surface area contributed by atoms with Gasteiger partial charge in [-0.3, -0.25) is 9.59 Å². The molecule has 0 amide bonds. The highest BCUT2D eigenvalue weighted by Gasteiger charge is 2.76. The first-order chi connectivity index (χ1) is 37.8. The molecule has 8 aliphatic heterocycles. The number of hydrogen-bond acceptors (Lipinski definition) is 17. The average Bonchev–Trinajstić information content (AvgIpc) is 2.74. The molecular weight excluding hydrogens is 1010 g/mol. The van der Waals surface area contributed by atoms with Gasteiger partial charge in [0.15, 0.2) is 35.6 Å². The lowest BCUT2D eigenvalue weighted by Crippen LogP contribution is -2.80. The Balaban J connectivity index is 1.06. The number of aromatic nitrogens is 2. The van der Waals surface area contributed by atoms with Gasteiger partial charge in [-0.05, 0) is 79.5 Å². The second kappa shape index (κ2) is 17.9. The quantitative estimate of drug-likeness (QED) is 0.0485. The molecular formula is C58H56N4O16. The second-order valence-corrected chi connectivity index (χ2v) is 22.1. The van der Waals surface area contributed by atoms with Crippen LogP contribution in [0.25, 0.3) is 10.9 Å². The summed E-state index contributed by atoms with van der Waals surface area (Å²) in [4.78, 5) is 30.2. The molecule has 10 bridgehead atoms. The van der Waals surface area contributed by atoms with Gasteiger partial charge in [0.2, 0.25) is 18.0 Å². The lowest BCUT2D eigenvalue weighted by molar-refractivity contribution is -0.379. The van der Waals surface area contributed by atoms with Crippen LogP contribution in [-0.4, -0.2) is 125 Å². The molecule has 78 heavy (non-hydrogen) atoms. The SMILES string of the molecule is N[C@@H]1NC=C[C@@]23O[C@H]4Oc5cc6c(c(Cn7cc8cc[nH]c8c7CO)c5[C@H]5CC[C@@H](C#C[C@H](C(=O)O)C(=O)O[C@H]12)[C@H]1CC[C@]5(C1)[C@@]4(O)[C@@H](O)[C@@H]3O)[C@@H]1Oc2c3ccc(OCO)c2OC[C@@H](O)C#C[C@@H](c2ccccc2)[C@H](O6)[C@@H]31. The first-order valence-corrected chi connectivity index (χ1v) is 26.4. The van der Waals surface area contributed by atoms with E-state index in [9.17, 15) is 45.3 Å². The Hall–Kier alpha value is -7.24. The Labute approximate surface area is 445 Å². The van der Waals surface area contributed by atoms with Crippen LogP contribution in [0.15, 0.2) is 79.3 Å². The molecule has 10 heterocycles. The summed E-state index contributed by atoms with van der Waals surface area (Å²) in [5.41, 5.74) is 5.22. The standard InChI is InChI=1S/C58H56N4O16/c59-52-51-57(17-19-61-52)49(66)50(67)58(71)55(78-57)75-39-20-40-42(48-43-33-11-13-38(73-26-64)47(46(33)76-48)72-25-31(65)8-10-32(45(43)74-40)28-4-2-1-3-5-28)35(23-62-22-30-15-18-60-44(30)37(62)24-63)41(39)36-12-7-27(29-14-16-56(36,58)21-29)6-9-34(53(68)69)54(70)77-51/h1-5,11,13,15,17-20,22,27,29,31-32,34,36,43,45,48-52,55,60-61,63-67,71H,7,12,14,16,21,23-26,59H2,(H,68,69)/t27-,29+,31+,32+,34-,36-,43-,45+,48+,49+,50+,51-,52-,55-,56-,57+,58-/m1/s1. The predicted molar refractivity (Wildman–Crippen MR) is 270 cm³/mol. The Morgan fingerprint density at radius 3 is 2.56 bits per heavy atom. The third-order valence-corrected chi connectivity index (χ3v) is 18.5. The number of aliphatic hydroxyl groups is 6. The van der Waals surface area contributed by atoms with E-state index in [1.165, 1.54) is 12.3 Å². The van der Waals surface area contributed by atoms with Crippen molar-refractivity contribution in [1.82, 2.24) is 14.9 Å². The summed E-state index contributed by atoms with van der Waals surface area (Å²) in [5, 5.41) is 86.7. The highest BCUT2D eigenvalue weighted by Crippen LogP contribution is 2.70. The maximum Gasteiger partial charge on any atom is 0.333 e. The fraction of sp³-hybridized carbons (Fsp3) is 0.448. The zero-order chi connectivity index (χ0) is 53.6. The van der Waals surface area contributed by atoms with Gasteiger partial charge >= 0.3 is 11.9 Å². The van der Waals surface area contributed by atoms with Crippen molar-refractivity contribution < 1.29 is 78.5 Å². The molecule has 17 atom stereocenters. The van der Waals surface area contributed by atoms with Gasteiger partial charge in [0.1, 0.15) is 54.8 Å². The number of carbonyl (C=O) groups excluding carboxylic acids is 1. The van der Waals surface area contributed by atoms with Crippen LogP contribution in [0.2, 0.25) is 0 Å². The van der Waals surface area contributed by atoms with E-state index in [1.807, 2.05) is 53.2 Å². The van der Waals surface area contributed by atoms with Gasteiger partial charge in [0.25, 0.3) is 0 Å². The number of nitrogens with zero attached hydrogens (tertiary/aromatic N) is 1. The maximum absolute atomic E-state index is 14.1. The van der Waals surface area contributed by atoms with Gasteiger partial charge in [-0.1, -0.05) is 60.1 Å². The molecule has 404 valence electrons. The summed E-state index contributed by atoms with van der Waals surface area (Å²) in [6.45, 7) is -1.24. The number of fused-ring (bicyclic) bond motifs is 9. The van der Waals surface area contributed by atoms with E-state index >= 15 is 0 Å². The molecule has 0 unspecified atom stereocenters. The van der Waals surface area contributed by atoms with Crippen LogP contribution in [0, 0.1) is 46.9 Å². The van der Waals surface area contributed by atoms with Crippen LogP contribution in [0.4, 0.5) is 0 Å². The van der Waals surface area contributed by atoms with E-state index in [0.29, 0.717) is 57.8 Å². The van der Waals surface area contributed by atoms with Crippen LogP contribution in [-0.2, 0) is 32.2 Å². The maximum atomic E-state index is 14.1. The molecule has 2 aliphatic carbocycles. The summed E-state index contributed by atoms with van der Waals surface area (Å²) in [7, 11) is 0. The molecule has 10 aliphatic rings. The van der Waals surface area contributed by atoms with E-state index in [4.69, 9.17) is 38.9 Å². The van der Waals surface area contributed by atoms with E-state index in [1.54, 1.807) is 18.3 Å². The van der Waals surface area contributed by atoms with Crippen molar-refractivity contribution in [2.24, 2.45) is 28.9 Å². The molecule has 3 fully saturated rings. The number of benzene rings is 3. The molecule has 2 aromatic heterocycles. The number of ether oxygens (including phenoxy) is 7. The number of rotatable bonds is 7. The zero-order valence-electron chi connectivity index (χ0n) is 41.8. The van der Waals surface area contributed by atoms with Crippen molar-refractivity contribution in [3.8, 4) is 52.4 Å². The number of carbonyl (C=O) groups is 2. The average molecular weight is 1070 g/mol. The predicted octanol–water partition coefficient (Wildman–Crippen LogP) is 2.61. The first-order valence-electron chi connectivity index (χ1n) is 26.4. The highest BCUT2D eigenvalue weighted by molar-refractivity contribution is 5.97. The topological polar surface area (TPSA) is 299 Å². The Morgan fingerprint density at radius 2 is 1.76 bits per heavy atom. The van der Waals surface area contributed by atoms with Crippen molar-refractivity contribution in [1.29, 1.82) is 0 Å². The van der Waals surface area contributed by atoms with Crippen molar-refractivity contribution >= 4 is 22.8 Å². The summed E-state index contributed by atoms with van der Waals surface area (Å²) >= 11 is 0. The fourth-order valence-electron chi connectivity index (χ4n) is 15.0. The highest BCUT2D eigenvalue weighted by atomic mass is 16.7. The van der Waals surface area contributed by atoms with E-state index in [-0.39, 0.29) is 62.2 Å². The summed E-state index contributed by atoms with van der Waals surface area (Å²) in [5.74, 6) is 5.81. The van der Waals surface area contributed by atoms with Crippen molar-refractivity contribution in [3.05, 3.63) is 113 Å². The number of H-pyrrole nitrogens is 1. The van der Waals surface area contributed by atoms with Crippen molar-refractivity contribution in [2.45, 2.75) is 123 Å². The van der Waals surface area contributed by atoms with Crippen LogP contribution < -0.4 is 34.7 Å². The lowest BCUT2D eigenvalue weighted by atomic mass is 9.55. The summed E-state index contributed by atoms with van der Waals surface area (Å²) in [6, 6.07) is 16.7. The summed E-state index contributed by atoms with van der Waals surface area (Å²) in [6.07, 6.45) is -3.95. The molecule has 20 heteroatoms. The molecule has 20 nitrogen and oxygen atoms in total. The Kier molecular flexibility index (Phi) is 11.3. The third-order valence-electron chi connectivity index (χ3n) is 18.5. The molecule has 2 spiro atoms. The van der Waals surface area contributed by atoms with Crippen LogP contribution in [0.3, 0.4) is 0 Å². The van der Waals surface area contributed by atoms with Gasteiger partial charge in [-0.15, -0.1) is 0 Å². The molecule has 2 saturated carbocycles. The molecule has 3 aromatic carbocycles. The van der Waals surface area contributed by atoms with Gasteiger partial charge in [-0.25, -0.2) is 0 Å². The number of esters is 1. The minimum absolute atomic E-state index is 0.0699. The largest absolute Gasteiger partial charge is 0.487 e. The third kappa shape index (κ3) is 6.85. The minimum atomic E-state index is -2.41. The number of aliphatic carboxylic acids is 1. The number of aliphatic hydroxyl groups excluding tert-OH is 5. The minimum Gasteiger partial charge on any atom is -0.487 e. The zero-order valence-corrected chi connectivity index (χ0v) is 41.8. The van der Waals surface area contributed by atoms with Crippen LogP contribution in [0.1, 0.15) is 89.5 Å². The second-order valence-electron chi connectivity index (χ2n) is 22.1. The van der Waals surface area contributed by atoms with E-state index in [2.05, 4.69) is 34.0 Å². The van der Waals surface area contributed by atoms with Gasteiger partial charge in [0.05, 0.1) is 29.7 Å². The number of carboxylic acids is 1. The van der Waals surface area contributed by atoms with Crippen LogP contribution in [0.5, 0.6) is 28.7 Å². The molecule has 5 aromatic rings. The Morgan fingerprint density at radius 1 is 0.923 bits per heavy atom. The van der Waals surface area contributed by atoms with Crippen molar-refractivity contribution in [3.63, 3.8) is 0 Å². The monoisotopic (exact) mass is 1060 g/mol. The van der Waals surface area contributed by atoms with Gasteiger partial charge < -0.3 is 89.5 Å². The fourth-order valence-corrected chi connectivity index (χ4v) is 15.0. The van der Waals surface area contributed by atoms with E-state index in [0.717, 1.165) is 10.9 Å². The van der Waals surface area contributed by atoms with Crippen LogP contribution >= 0.6 is 0 Å². The summed E-state index contributed by atoms with van der Waals surface area (Å²) < 4.78 is 49.0. The Bertz CT molecular complexity index is 3470. The van der Waals surface area contributed by atoms with E-state index < -0.39 is 114 Å².